The third-order valence-corrected chi connectivity index (χ3v) is 3.11. The van der Waals surface area contributed by atoms with Crippen LogP contribution in [0.25, 0.3) is 0 Å². The highest BCUT2D eigenvalue weighted by molar-refractivity contribution is 6.30. The number of hydrogen-bond donors (Lipinski definition) is 2. The first-order valence-electron chi connectivity index (χ1n) is 6.15. The summed E-state index contributed by atoms with van der Waals surface area (Å²) in [6, 6.07) is 7.14. The standard InChI is InChI=1S/C13H17ClN2O2/c14-10-3-5-11(6-4-10)18-9-8-16-13(17)12-2-1-7-15-12/h3-6,12,15H,1-2,7-9H2,(H,16,17). The normalized spacial score (nSPS) is 18.6. The van der Waals surface area contributed by atoms with Crippen molar-refractivity contribution >= 4 is 17.5 Å². The maximum absolute atomic E-state index is 11.7. The van der Waals surface area contributed by atoms with Crippen molar-refractivity contribution in [2.75, 3.05) is 19.7 Å². The van der Waals surface area contributed by atoms with Crippen LogP contribution < -0.4 is 15.4 Å². The summed E-state index contributed by atoms with van der Waals surface area (Å²) in [5.74, 6) is 0.819. The molecule has 1 amide bonds. The molecule has 2 N–H and O–H groups in total. The summed E-state index contributed by atoms with van der Waals surface area (Å²) >= 11 is 5.77. The lowest BCUT2D eigenvalue weighted by Gasteiger charge is -2.11. The summed E-state index contributed by atoms with van der Waals surface area (Å²) in [5.41, 5.74) is 0. The topological polar surface area (TPSA) is 50.4 Å². The van der Waals surface area contributed by atoms with Crippen LogP contribution in [0.15, 0.2) is 24.3 Å². The van der Waals surface area contributed by atoms with Gasteiger partial charge in [-0.25, -0.2) is 0 Å². The molecule has 4 nitrogen and oxygen atoms in total. The van der Waals surface area contributed by atoms with Crippen molar-refractivity contribution in [3.05, 3.63) is 29.3 Å². The average molecular weight is 269 g/mol. The number of nitrogens with one attached hydrogen (secondary N) is 2. The third-order valence-electron chi connectivity index (χ3n) is 2.86. The quantitative estimate of drug-likeness (QED) is 0.798. The second-order valence-corrected chi connectivity index (χ2v) is 4.68. The molecule has 1 unspecified atom stereocenters. The fourth-order valence-electron chi connectivity index (χ4n) is 1.91. The van der Waals surface area contributed by atoms with E-state index in [4.69, 9.17) is 16.3 Å². The highest BCUT2D eigenvalue weighted by Crippen LogP contribution is 2.15. The predicted octanol–water partition coefficient (Wildman–Crippen LogP) is 1.59. The van der Waals surface area contributed by atoms with Gasteiger partial charge in [0.25, 0.3) is 0 Å². The first-order chi connectivity index (χ1) is 8.75. The van der Waals surface area contributed by atoms with Crippen LogP contribution >= 0.6 is 11.6 Å². The van der Waals surface area contributed by atoms with Gasteiger partial charge in [-0.1, -0.05) is 11.6 Å². The van der Waals surface area contributed by atoms with Gasteiger partial charge in [0.2, 0.25) is 5.91 Å². The molecule has 18 heavy (non-hydrogen) atoms. The van der Waals surface area contributed by atoms with E-state index >= 15 is 0 Å². The number of carbonyl (C=O) groups is 1. The van der Waals surface area contributed by atoms with Crippen molar-refractivity contribution in [3.8, 4) is 5.75 Å². The van der Waals surface area contributed by atoms with Gasteiger partial charge in [-0.2, -0.15) is 0 Å². The first kappa shape index (κ1) is 13.2. The molecular formula is C13H17ClN2O2. The van der Waals surface area contributed by atoms with Gasteiger partial charge in [-0.15, -0.1) is 0 Å². The Kier molecular flexibility index (Phi) is 4.84. The van der Waals surface area contributed by atoms with E-state index in [1.807, 2.05) is 12.1 Å². The van der Waals surface area contributed by atoms with Crippen LogP contribution in [0.1, 0.15) is 12.8 Å². The fraction of sp³-hybridized carbons (Fsp3) is 0.462. The Balaban J connectivity index is 1.63. The molecule has 0 radical (unpaired) electrons. The van der Waals surface area contributed by atoms with Crippen LogP contribution in [0.4, 0.5) is 0 Å². The van der Waals surface area contributed by atoms with Gasteiger partial charge in [0.15, 0.2) is 0 Å². The van der Waals surface area contributed by atoms with Crippen LogP contribution in [0.2, 0.25) is 5.02 Å². The lowest BCUT2D eigenvalue weighted by Crippen LogP contribution is -2.41. The Morgan fingerprint density at radius 1 is 1.44 bits per heavy atom. The van der Waals surface area contributed by atoms with Crippen LogP contribution in [0, 0.1) is 0 Å². The zero-order valence-electron chi connectivity index (χ0n) is 10.1. The third kappa shape index (κ3) is 3.89. The van der Waals surface area contributed by atoms with Gasteiger partial charge in [0.1, 0.15) is 12.4 Å². The summed E-state index contributed by atoms with van der Waals surface area (Å²) in [6.07, 6.45) is 1.99. The number of halogens is 1. The highest BCUT2D eigenvalue weighted by atomic mass is 35.5. The largest absolute Gasteiger partial charge is 0.492 e. The van der Waals surface area contributed by atoms with E-state index in [9.17, 15) is 4.79 Å². The molecule has 1 saturated heterocycles. The van der Waals surface area contributed by atoms with E-state index in [0.29, 0.717) is 18.2 Å². The zero-order valence-corrected chi connectivity index (χ0v) is 10.9. The second kappa shape index (κ2) is 6.61. The Hall–Kier alpha value is -1.26. The minimum atomic E-state index is -0.0273. The molecule has 1 aliphatic heterocycles. The summed E-state index contributed by atoms with van der Waals surface area (Å²) in [4.78, 5) is 11.7. The minimum Gasteiger partial charge on any atom is -0.492 e. The van der Waals surface area contributed by atoms with Crippen LogP contribution in [0.5, 0.6) is 5.75 Å². The number of hydrogen-bond acceptors (Lipinski definition) is 3. The van der Waals surface area contributed by atoms with Gasteiger partial charge in [0.05, 0.1) is 12.6 Å². The van der Waals surface area contributed by atoms with E-state index in [1.54, 1.807) is 12.1 Å². The van der Waals surface area contributed by atoms with E-state index < -0.39 is 0 Å². The zero-order chi connectivity index (χ0) is 12.8. The van der Waals surface area contributed by atoms with Crippen LogP contribution in [0.3, 0.4) is 0 Å². The maximum Gasteiger partial charge on any atom is 0.237 e. The van der Waals surface area contributed by atoms with Crippen molar-refractivity contribution in [3.63, 3.8) is 0 Å². The van der Waals surface area contributed by atoms with Crippen molar-refractivity contribution in [1.29, 1.82) is 0 Å². The van der Waals surface area contributed by atoms with Crippen LogP contribution in [-0.2, 0) is 4.79 Å². The molecule has 2 rings (SSSR count). The summed E-state index contributed by atoms with van der Waals surface area (Å²) in [6.45, 7) is 1.90. The maximum atomic E-state index is 11.7. The van der Waals surface area contributed by atoms with Gasteiger partial charge < -0.3 is 15.4 Å². The number of carbonyl (C=O) groups excluding carboxylic acids is 1. The smallest absolute Gasteiger partial charge is 0.237 e. The first-order valence-corrected chi connectivity index (χ1v) is 6.53. The molecule has 98 valence electrons. The van der Waals surface area contributed by atoms with E-state index in [1.165, 1.54) is 0 Å². The molecule has 0 aromatic heterocycles. The van der Waals surface area contributed by atoms with E-state index in [2.05, 4.69) is 10.6 Å². The molecule has 5 heteroatoms. The molecule has 0 saturated carbocycles. The molecule has 0 bridgehead atoms. The van der Waals surface area contributed by atoms with E-state index in [-0.39, 0.29) is 11.9 Å². The van der Waals surface area contributed by atoms with Crippen molar-refractivity contribution < 1.29 is 9.53 Å². The molecule has 1 heterocycles. The molecule has 0 spiro atoms. The number of amides is 1. The fourth-order valence-corrected chi connectivity index (χ4v) is 2.03. The Labute approximate surface area is 112 Å². The van der Waals surface area contributed by atoms with Gasteiger partial charge in [-0.05, 0) is 43.7 Å². The van der Waals surface area contributed by atoms with E-state index in [0.717, 1.165) is 25.1 Å². The summed E-state index contributed by atoms with van der Waals surface area (Å²) in [7, 11) is 0. The molecule has 0 aliphatic carbocycles. The monoisotopic (exact) mass is 268 g/mol. The molecule has 1 aromatic carbocycles. The minimum absolute atomic E-state index is 0.0273. The summed E-state index contributed by atoms with van der Waals surface area (Å²) < 4.78 is 5.48. The SMILES string of the molecule is O=C(NCCOc1ccc(Cl)cc1)C1CCCN1. The van der Waals surface area contributed by atoms with Crippen molar-refractivity contribution in [1.82, 2.24) is 10.6 Å². The van der Waals surface area contributed by atoms with Crippen molar-refractivity contribution in [2.45, 2.75) is 18.9 Å². The Bertz CT molecular complexity index is 388. The predicted molar refractivity (Wildman–Crippen MR) is 71.0 cm³/mol. The highest BCUT2D eigenvalue weighted by Gasteiger charge is 2.21. The Morgan fingerprint density at radius 2 is 2.22 bits per heavy atom. The van der Waals surface area contributed by atoms with Gasteiger partial charge in [0, 0.05) is 5.02 Å². The average Bonchev–Trinajstić information content (AvgIpc) is 2.90. The molecule has 1 atom stereocenters. The van der Waals surface area contributed by atoms with Crippen molar-refractivity contribution in [2.24, 2.45) is 0 Å². The second-order valence-electron chi connectivity index (χ2n) is 4.24. The number of benzene rings is 1. The lowest BCUT2D eigenvalue weighted by atomic mass is 10.2. The molecule has 1 fully saturated rings. The van der Waals surface area contributed by atoms with Gasteiger partial charge >= 0.3 is 0 Å². The van der Waals surface area contributed by atoms with Crippen LogP contribution in [-0.4, -0.2) is 31.6 Å². The number of rotatable bonds is 5. The molecule has 1 aliphatic rings. The summed E-state index contributed by atoms with van der Waals surface area (Å²) in [5, 5.41) is 6.69. The molecular weight excluding hydrogens is 252 g/mol. The number of ether oxygens (including phenoxy) is 1. The van der Waals surface area contributed by atoms with Gasteiger partial charge in [-0.3, -0.25) is 4.79 Å². The Morgan fingerprint density at radius 3 is 2.89 bits per heavy atom. The lowest BCUT2D eigenvalue weighted by molar-refractivity contribution is -0.122. The molecule has 1 aromatic rings.